The lowest BCUT2D eigenvalue weighted by Crippen LogP contribution is -2.30. The predicted octanol–water partition coefficient (Wildman–Crippen LogP) is 2.84. The lowest BCUT2D eigenvalue weighted by Gasteiger charge is -2.16. The van der Waals surface area contributed by atoms with Gasteiger partial charge in [0, 0.05) is 12.4 Å². The maximum Gasteiger partial charge on any atom is 0.329 e. The predicted molar refractivity (Wildman–Crippen MR) is 142 cm³/mol. The van der Waals surface area contributed by atoms with Gasteiger partial charge in [-0.2, -0.15) is 0 Å². The zero-order valence-corrected chi connectivity index (χ0v) is 21.6. The van der Waals surface area contributed by atoms with Crippen molar-refractivity contribution < 1.29 is 19.4 Å². The van der Waals surface area contributed by atoms with Gasteiger partial charge < -0.3 is 19.1 Å². The molecule has 0 saturated heterocycles. The molecule has 0 amide bonds. The van der Waals surface area contributed by atoms with Gasteiger partial charge in [-0.25, -0.2) is 9.78 Å². The van der Waals surface area contributed by atoms with Crippen molar-refractivity contribution in [1.82, 2.24) is 19.1 Å². The van der Waals surface area contributed by atoms with Crippen LogP contribution in [0, 0.1) is 0 Å². The number of aliphatic hydroxyl groups excluding tert-OH is 1. The van der Waals surface area contributed by atoms with Crippen LogP contribution >= 0.6 is 11.8 Å². The fourth-order valence-corrected chi connectivity index (χ4v) is 4.77. The maximum absolute atomic E-state index is 12.7. The number of hydrogen-bond donors (Lipinski definition) is 2. The van der Waals surface area contributed by atoms with Gasteiger partial charge in [0.1, 0.15) is 18.5 Å². The number of aromatic amines is 1. The number of esters is 1. The first-order chi connectivity index (χ1) is 17.9. The standard InChI is InChI=1S/C26H30N4O6S/c1-3-4-7-13-35-21(32)16-37-26-27-23-22(24(33)28-25(34)29(23)2)30(26)14-18(31)15-36-20-12-8-10-17-9-5-6-11-19(17)20/h5-6,8-12,18,31H,3-4,7,13-16H2,1-2H3,(H,28,33,34)/t18-/m0/s1. The SMILES string of the molecule is CCCCCOC(=O)CSc1nc2c(c(=O)[nH]c(=O)n2C)n1C[C@H](O)COc1cccc2ccccc12. The van der Waals surface area contributed by atoms with Gasteiger partial charge in [-0.3, -0.25) is 19.1 Å². The maximum atomic E-state index is 12.7. The van der Waals surface area contributed by atoms with Crippen molar-refractivity contribution in [3.05, 3.63) is 63.3 Å². The highest BCUT2D eigenvalue weighted by Gasteiger charge is 2.21. The summed E-state index contributed by atoms with van der Waals surface area (Å²) in [6.07, 6.45) is 1.79. The van der Waals surface area contributed by atoms with Gasteiger partial charge in [0.2, 0.25) is 0 Å². The number of unbranched alkanes of at least 4 members (excludes halogenated alkanes) is 2. The zero-order valence-electron chi connectivity index (χ0n) is 20.8. The molecular weight excluding hydrogens is 496 g/mol. The Bertz CT molecular complexity index is 1500. The van der Waals surface area contributed by atoms with Crippen LogP contribution in [0.15, 0.2) is 57.2 Å². The summed E-state index contributed by atoms with van der Waals surface area (Å²) in [4.78, 5) is 43.7. The molecule has 0 aliphatic carbocycles. The average Bonchev–Trinajstić information content (AvgIpc) is 3.26. The number of aromatic nitrogens is 4. The zero-order chi connectivity index (χ0) is 26.4. The van der Waals surface area contributed by atoms with Gasteiger partial charge in [0.05, 0.1) is 18.9 Å². The highest BCUT2D eigenvalue weighted by molar-refractivity contribution is 7.99. The van der Waals surface area contributed by atoms with Gasteiger partial charge in [-0.1, -0.05) is 67.9 Å². The second-order valence-electron chi connectivity index (χ2n) is 8.65. The fourth-order valence-electron chi connectivity index (χ4n) is 3.97. The topological polar surface area (TPSA) is 128 Å². The second-order valence-corrected chi connectivity index (χ2v) is 9.60. The smallest absolute Gasteiger partial charge is 0.329 e. The molecule has 0 aliphatic rings. The van der Waals surface area contributed by atoms with Crippen LogP contribution in [0.2, 0.25) is 0 Å². The van der Waals surface area contributed by atoms with Gasteiger partial charge in [0.25, 0.3) is 5.56 Å². The quantitative estimate of drug-likeness (QED) is 0.164. The minimum atomic E-state index is -1.01. The van der Waals surface area contributed by atoms with Gasteiger partial charge >= 0.3 is 11.7 Å². The molecule has 4 aromatic rings. The molecule has 0 fully saturated rings. The van der Waals surface area contributed by atoms with Crippen molar-refractivity contribution >= 4 is 39.7 Å². The Morgan fingerprint density at radius 2 is 1.95 bits per heavy atom. The van der Waals surface area contributed by atoms with E-state index in [9.17, 15) is 19.5 Å². The van der Waals surface area contributed by atoms with Crippen LogP contribution in [0.1, 0.15) is 26.2 Å². The summed E-state index contributed by atoms with van der Waals surface area (Å²) in [6, 6.07) is 13.5. The third kappa shape index (κ3) is 6.23. The molecule has 0 radical (unpaired) electrons. The molecule has 0 saturated carbocycles. The van der Waals surface area contributed by atoms with E-state index in [4.69, 9.17) is 9.47 Å². The summed E-state index contributed by atoms with van der Waals surface area (Å²) < 4.78 is 13.9. The molecule has 10 nitrogen and oxygen atoms in total. The summed E-state index contributed by atoms with van der Waals surface area (Å²) in [5.74, 6) is 0.208. The Morgan fingerprint density at radius 1 is 1.16 bits per heavy atom. The number of carbonyl (C=O) groups is 1. The number of aryl methyl sites for hydroxylation is 1. The number of thioether (sulfide) groups is 1. The molecule has 0 bridgehead atoms. The lowest BCUT2D eigenvalue weighted by molar-refractivity contribution is -0.140. The van der Waals surface area contributed by atoms with Crippen molar-refractivity contribution in [3.63, 3.8) is 0 Å². The molecule has 37 heavy (non-hydrogen) atoms. The van der Waals surface area contributed by atoms with Crippen LogP contribution in [-0.4, -0.2) is 55.2 Å². The number of hydrogen-bond acceptors (Lipinski definition) is 8. The van der Waals surface area contributed by atoms with Crippen LogP contribution in [0.25, 0.3) is 21.9 Å². The highest BCUT2D eigenvalue weighted by atomic mass is 32.2. The Hall–Kier alpha value is -3.57. The first-order valence-corrected chi connectivity index (χ1v) is 13.1. The number of imidazole rings is 1. The van der Waals surface area contributed by atoms with E-state index < -0.39 is 23.3 Å². The molecule has 0 spiro atoms. The number of nitrogens with zero attached hydrogens (tertiary/aromatic N) is 3. The molecular formula is C26H30N4O6S. The Morgan fingerprint density at radius 3 is 2.76 bits per heavy atom. The van der Waals surface area contributed by atoms with Crippen molar-refractivity contribution in [1.29, 1.82) is 0 Å². The average molecular weight is 527 g/mol. The molecule has 196 valence electrons. The number of ether oxygens (including phenoxy) is 2. The first kappa shape index (κ1) is 26.5. The molecule has 2 aromatic heterocycles. The molecule has 0 aliphatic heterocycles. The molecule has 11 heteroatoms. The van der Waals surface area contributed by atoms with Crippen molar-refractivity contribution in [3.8, 4) is 5.75 Å². The number of fused-ring (bicyclic) bond motifs is 2. The number of H-pyrrole nitrogens is 1. The van der Waals surface area contributed by atoms with Crippen molar-refractivity contribution in [2.45, 2.75) is 44.0 Å². The minimum Gasteiger partial charge on any atom is -0.490 e. The molecule has 4 rings (SSSR count). The summed E-state index contributed by atoms with van der Waals surface area (Å²) in [5, 5.41) is 13.1. The number of nitrogens with one attached hydrogen (secondary N) is 1. The first-order valence-electron chi connectivity index (χ1n) is 12.2. The number of carbonyl (C=O) groups excluding carboxylic acids is 1. The summed E-state index contributed by atoms with van der Waals surface area (Å²) in [7, 11) is 1.49. The van der Waals surface area contributed by atoms with Crippen molar-refractivity contribution in [2.75, 3.05) is 19.0 Å². The van der Waals surface area contributed by atoms with Gasteiger partial charge in [-0.05, 0) is 17.9 Å². The molecule has 2 N–H and O–H groups in total. The van der Waals surface area contributed by atoms with E-state index in [1.165, 1.54) is 16.2 Å². The minimum absolute atomic E-state index is 0.0239. The molecule has 2 heterocycles. The number of aliphatic hydroxyl groups is 1. The highest BCUT2D eigenvalue weighted by Crippen LogP contribution is 2.26. The molecule has 1 atom stereocenters. The van der Waals surface area contributed by atoms with Gasteiger partial charge in [0.15, 0.2) is 16.3 Å². The fraction of sp³-hybridized carbons (Fsp3) is 0.385. The largest absolute Gasteiger partial charge is 0.490 e. The third-order valence-corrected chi connectivity index (χ3v) is 6.83. The monoisotopic (exact) mass is 526 g/mol. The summed E-state index contributed by atoms with van der Waals surface area (Å²) in [6.45, 7) is 2.35. The van der Waals surface area contributed by atoms with E-state index in [0.29, 0.717) is 17.5 Å². The van der Waals surface area contributed by atoms with Crippen LogP contribution in [0.5, 0.6) is 5.75 Å². The van der Waals surface area contributed by atoms with E-state index >= 15 is 0 Å². The summed E-state index contributed by atoms with van der Waals surface area (Å²) >= 11 is 1.08. The number of rotatable bonds is 12. The van der Waals surface area contributed by atoms with Gasteiger partial charge in [-0.15, -0.1) is 0 Å². The van der Waals surface area contributed by atoms with E-state index in [-0.39, 0.29) is 30.1 Å². The van der Waals surface area contributed by atoms with Crippen LogP contribution < -0.4 is 16.0 Å². The van der Waals surface area contributed by atoms with Crippen molar-refractivity contribution in [2.24, 2.45) is 7.05 Å². The van der Waals surface area contributed by atoms with E-state index in [1.54, 1.807) is 0 Å². The third-order valence-electron chi connectivity index (χ3n) is 5.88. The molecule has 2 aromatic carbocycles. The summed E-state index contributed by atoms with van der Waals surface area (Å²) in [5.41, 5.74) is -0.935. The van der Waals surface area contributed by atoms with Crippen LogP contribution in [-0.2, 0) is 23.1 Å². The normalized spacial score (nSPS) is 12.2. The molecule has 0 unspecified atom stereocenters. The van der Waals surface area contributed by atoms with E-state index in [1.807, 2.05) is 42.5 Å². The Balaban J connectivity index is 1.53. The second kappa shape index (κ2) is 12.1. The Labute approximate surface area is 217 Å². The lowest BCUT2D eigenvalue weighted by atomic mass is 10.1. The number of benzene rings is 2. The van der Waals surface area contributed by atoms with Crippen LogP contribution in [0.4, 0.5) is 0 Å². The van der Waals surface area contributed by atoms with E-state index in [0.717, 1.165) is 41.8 Å². The Kier molecular flexibility index (Phi) is 8.67. The van der Waals surface area contributed by atoms with E-state index in [2.05, 4.69) is 16.9 Å². The van der Waals surface area contributed by atoms with Crippen LogP contribution in [0.3, 0.4) is 0 Å².